The maximum atomic E-state index is 12.3. The van der Waals surface area contributed by atoms with Gasteiger partial charge >= 0.3 is 0 Å². The Hall–Kier alpha value is -2.04. The summed E-state index contributed by atoms with van der Waals surface area (Å²) in [5, 5.41) is 14.3. The van der Waals surface area contributed by atoms with Gasteiger partial charge in [-0.2, -0.15) is 0 Å². The highest BCUT2D eigenvalue weighted by Gasteiger charge is 2.20. The quantitative estimate of drug-likeness (QED) is 0.247. The molecule has 0 unspecified atom stereocenters. The van der Waals surface area contributed by atoms with Crippen molar-refractivity contribution >= 4 is 11.7 Å². The largest absolute Gasteiger partial charge is 0.409 e. The van der Waals surface area contributed by atoms with Crippen molar-refractivity contribution in [3.8, 4) is 0 Å². The first kappa shape index (κ1) is 17.0. The summed E-state index contributed by atoms with van der Waals surface area (Å²) in [6.07, 6.45) is 2.10. The fraction of sp³-hybridized carbons (Fsp3) is 0.500. The van der Waals surface area contributed by atoms with E-state index in [1.807, 2.05) is 24.3 Å². The van der Waals surface area contributed by atoms with Gasteiger partial charge in [-0.3, -0.25) is 4.79 Å². The molecule has 0 atom stereocenters. The van der Waals surface area contributed by atoms with Crippen molar-refractivity contribution in [2.75, 3.05) is 6.54 Å². The summed E-state index contributed by atoms with van der Waals surface area (Å²) in [6, 6.07) is 7.68. The van der Waals surface area contributed by atoms with Crippen LogP contribution in [-0.4, -0.2) is 23.5 Å². The number of unbranched alkanes of at least 4 members (excludes halogenated alkanes) is 1. The summed E-state index contributed by atoms with van der Waals surface area (Å²) in [5.74, 6) is 0.170. The zero-order valence-electron chi connectivity index (χ0n) is 13.0. The Morgan fingerprint density at radius 3 is 2.57 bits per heavy atom. The Morgan fingerprint density at radius 1 is 1.29 bits per heavy atom. The predicted molar refractivity (Wildman–Crippen MR) is 84.7 cm³/mol. The molecule has 5 nitrogen and oxygen atoms in total. The number of hydrogen-bond acceptors (Lipinski definition) is 3. The van der Waals surface area contributed by atoms with Gasteiger partial charge in [0.1, 0.15) is 5.84 Å². The van der Waals surface area contributed by atoms with E-state index in [0.717, 1.165) is 24.0 Å². The number of amidine groups is 1. The van der Waals surface area contributed by atoms with Crippen molar-refractivity contribution in [1.82, 2.24) is 5.32 Å². The van der Waals surface area contributed by atoms with Crippen molar-refractivity contribution in [2.45, 2.75) is 45.4 Å². The van der Waals surface area contributed by atoms with Crippen LogP contribution in [0, 0.1) is 0 Å². The Kier molecular flexibility index (Phi) is 6.21. The molecule has 4 N–H and O–H groups in total. The molecule has 1 aromatic rings. The second-order valence-corrected chi connectivity index (χ2v) is 6.10. The minimum absolute atomic E-state index is 0.0516. The first-order valence-electron chi connectivity index (χ1n) is 7.20. The van der Waals surface area contributed by atoms with Crippen LogP contribution < -0.4 is 11.1 Å². The van der Waals surface area contributed by atoms with Crippen LogP contribution in [0.15, 0.2) is 29.4 Å². The number of carbonyl (C=O) groups excluding carboxylic acids is 1. The molecule has 0 saturated carbocycles. The standard InChI is InChI=1S/C16H25N3O2/c1-16(2,3)13-9-5-4-8-12(13)15(20)18-11-7-6-10-14(17)19-21/h4-5,8-9,21H,6-7,10-11H2,1-3H3,(H2,17,19)(H,18,20). The summed E-state index contributed by atoms with van der Waals surface area (Å²) in [6.45, 7) is 6.86. The van der Waals surface area contributed by atoms with Crippen molar-refractivity contribution < 1.29 is 10.0 Å². The number of benzene rings is 1. The minimum atomic E-state index is -0.0695. The maximum Gasteiger partial charge on any atom is 0.251 e. The number of nitrogens with zero attached hydrogens (tertiary/aromatic N) is 1. The van der Waals surface area contributed by atoms with Crippen LogP contribution in [-0.2, 0) is 5.41 Å². The minimum Gasteiger partial charge on any atom is -0.409 e. The maximum absolute atomic E-state index is 12.3. The molecule has 0 radical (unpaired) electrons. The van der Waals surface area contributed by atoms with Crippen molar-refractivity contribution in [3.63, 3.8) is 0 Å². The number of nitrogens with two attached hydrogens (primary N) is 1. The fourth-order valence-corrected chi connectivity index (χ4v) is 2.11. The summed E-state index contributed by atoms with van der Waals surface area (Å²) >= 11 is 0. The third kappa shape index (κ3) is 5.45. The molecule has 1 aromatic carbocycles. The molecule has 0 aliphatic heterocycles. The molecule has 1 rings (SSSR count). The highest BCUT2D eigenvalue weighted by Crippen LogP contribution is 2.25. The van der Waals surface area contributed by atoms with Gasteiger partial charge in [-0.1, -0.05) is 44.1 Å². The average molecular weight is 291 g/mol. The zero-order chi connectivity index (χ0) is 15.9. The lowest BCUT2D eigenvalue weighted by Crippen LogP contribution is -2.28. The molecule has 0 aliphatic carbocycles. The number of nitrogens with one attached hydrogen (secondary N) is 1. The molecule has 0 saturated heterocycles. The van der Waals surface area contributed by atoms with Crippen molar-refractivity contribution in [3.05, 3.63) is 35.4 Å². The molecule has 116 valence electrons. The summed E-state index contributed by atoms with van der Waals surface area (Å²) in [5.41, 5.74) is 7.08. The van der Waals surface area contributed by atoms with E-state index in [0.29, 0.717) is 13.0 Å². The second kappa shape index (κ2) is 7.67. The lowest BCUT2D eigenvalue weighted by atomic mass is 9.83. The van der Waals surface area contributed by atoms with Crippen LogP contribution in [0.3, 0.4) is 0 Å². The van der Waals surface area contributed by atoms with E-state index in [1.165, 1.54) is 0 Å². The molecule has 5 heteroatoms. The van der Waals surface area contributed by atoms with Crippen molar-refractivity contribution in [2.24, 2.45) is 10.9 Å². The fourth-order valence-electron chi connectivity index (χ4n) is 2.11. The molecule has 1 amide bonds. The van der Waals surface area contributed by atoms with Crippen LogP contribution in [0.2, 0.25) is 0 Å². The van der Waals surface area contributed by atoms with Gasteiger partial charge in [-0.05, 0) is 29.9 Å². The number of rotatable bonds is 6. The van der Waals surface area contributed by atoms with Gasteiger partial charge < -0.3 is 16.3 Å². The predicted octanol–water partition coefficient (Wildman–Crippen LogP) is 2.63. The van der Waals surface area contributed by atoms with Crippen LogP contribution in [0.1, 0.15) is 56.0 Å². The zero-order valence-corrected chi connectivity index (χ0v) is 13.0. The van der Waals surface area contributed by atoms with Crippen LogP contribution in [0.25, 0.3) is 0 Å². The summed E-state index contributed by atoms with van der Waals surface area (Å²) < 4.78 is 0. The first-order valence-corrected chi connectivity index (χ1v) is 7.20. The number of hydrogen-bond donors (Lipinski definition) is 3. The van der Waals surface area contributed by atoms with Gasteiger partial charge in [0.15, 0.2) is 0 Å². The highest BCUT2D eigenvalue weighted by atomic mass is 16.4. The van der Waals surface area contributed by atoms with Gasteiger partial charge in [-0.25, -0.2) is 0 Å². The SMILES string of the molecule is CC(C)(C)c1ccccc1C(=O)NCCCC/C(N)=N/O. The molecule has 0 aromatic heterocycles. The molecule has 0 aliphatic rings. The number of amides is 1. The highest BCUT2D eigenvalue weighted by molar-refractivity contribution is 5.96. The summed E-state index contributed by atoms with van der Waals surface area (Å²) in [4.78, 5) is 12.3. The van der Waals surface area contributed by atoms with Gasteiger partial charge in [0.25, 0.3) is 5.91 Å². The van der Waals surface area contributed by atoms with E-state index in [1.54, 1.807) is 0 Å². The second-order valence-electron chi connectivity index (χ2n) is 6.10. The Bertz CT molecular complexity index is 504. The van der Waals surface area contributed by atoms with E-state index in [4.69, 9.17) is 10.9 Å². The monoisotopic (exact) mass is 291 g/mol. The van der Waals surface area contributed by atoms with E-state index in [-0.39, 0.29) is 17.2 Å². The Labute approximate surface area is 126 Å². The molecular formula is C16H25N3O2. The van der Waals surface area contributed by atoms with Crippen LogP contribution >= 0.6 is 0 Å². The van der Waals surface area contributed by atoms with Gasteiger partial charge in [0.2, 0.25) is 0 Å². The van der Waals surface area contributed by atoms with Gasteiger partial charge in [-0.15, -0.1) is 0 Å². The van der Waals surface area contributed by atoms with E-state index >= 15 is 0 Å². The smallest absolute Gasteiger partial charge is 0.251 e. The summed E-state index contributed by atoms with van der Waals surface area (Å²) in [7, 11) is 0. The topological polar surface area (TPSA) is 87.7 Å². The average Bonchev–Trinajstić information content (AvgIpc) is 2.45. The third-order valence-electron chi connectivity index (χ3n) is 3.25. The third-order valence-corrected chi connectivity index (χ3v) is 3.25. The van der Waals surface area contributed by atoms with Gasteiger partial charge in [0.05, 0.1) is 0 Å². The number of oxime groups is 1. The van der Waals surface area contributed by atoms with E-state index in [2.05, 4.69) is 31.2 Å². The van der Waals surface area contributed by atoms with Crippen molar-refractivity contribution in [1.29, 1.82) is 0 Å². The lowest BCUT2D eigenvalue weighted by molar-refractivity contribution is 0.0951. The van der Waals surface area contributed by atoms with Gasteiger partial charge in [0, 0.05) is 18.5 Å². The molecule has 0 heterocycles. The van der Waals surface area contributed by atoms with Crippen LogP contribution in [0.4, 0.5) is 0 Å². The molecule has 0 fully saturated rings. The van der Waals surface area contributed by atoms with E-state index in [9.17, 15) is 4.79 Å². The molecule has 21 heavy (non-hydrogen) atoms. The number of carbonyl (C=O) groups is 1. The van der Waals surface area contributed by atoms with Crippen LogP contribution in [0.5, 0.6) is 0 Å². The Balaban J connectivity index is 2.54. The van der Waals surface area contributed by atoms with E-state index < -0.39 is 0 Å². The molecular weight excluding hydrogens is 266 g/mol. The normalized spacial score (nSPS) is 12.2. The molecule has 0 spiro atoms. The first-order chi connectivity index (χ1) is 9.86. The lowest BCUT2D eigenvalue weighted by Gasteiger charge is -2.22. The Morgan fingerprint density at radius 2 is 1.95 bits per heavy atom. The molecule has 0 bridgehead atoms.